The summed E-state index contributed by atoms with van der Waals surface area (Å²) >= 11 is 9.52. The Bertz CT molecular complexity index is 645. The standard InChI is InChI=1S/C14H14BrClN4/c1-20(14-12(16)6-11(15)7-19-14)8-9-3-2-4-10(5-9)13(17)18/h2-7H,8H2,1H3,(H3,17,18). The maximum absolute atomic E-state index is 7.46. The molecule has 0 unspecified atom stereocenters. The van der Waals surface area contributed by atoms with Gasteiger partial charge in [-0.15, -0.1) is 0 Å². The van der Waals surface area contributed by atoms with Crippen molar-refractivity contribution < 1.29 is 0 Å². The Balaban J connectivity index is 2.21. The van der Waals surface area contributed by atoms with E-state index in [0.29, 0.717) is 22.9 Å². The first-order valence-corrected chi connectivity index (χ1v) is 7.10. The van der Waals surface area contributed by atoms with Gasteiger partial charge in [-0.2, -0.15) is 0 Å². The number of rotatable bonds is 4. The van der Waals surface area contributed by atoms with Crippen molar-refractivity contribution in [2.45, 2.75) is 6.54 Å². The SMILES string of the molecule is CN(Cc1cccc(C(=N)N)c1)c1ncc(Br)cc1Cl. The summed E-state index contributed by atoms with van der Waals surface area (Å²) in [4.78, 5) is 6.26. The van der Waals surface area contributed by atoms with Gasteiger partial charge < -0.3 is 10.6 Å². The molecule has 2 aromatic rings. The summed E-state index contributed by atoms with van der Waals surface area (Å²) in [5.74, 6) is 0.775. The van der Waals surface area contributed by atoms with Gasteiger partial charge in [0.2, 0.25) is 0 Å². The lowest BCUT2D eigenvalue weighted by Crippen LogP contribution is -2.19. The number of nitrogen functional groups attached to an aromatic ring is 1. The molecule has 6 heteroatoms. The van der Waals surface area contributed by atoms with E-state index < -0.39 is 0 Å². The molecule has 1 heterocycles. The van der Waals surface area contributed by atoms with Crippen molar-refractivity contribution in [2.75, 3.05) is 11.9 Å². The Kier molecular flexibility index (Phi) is 4.62. The number of nitrogens with one attached hydrogen (secondary N) is 1. The molecule has 3 N–H and O–H groups in total. The number of halogens is 2. The Hall–Kier alpha value is -1.59. The summed E-state index contributed by atoms with van der Waals surface area (Å²) < 4.78 is 0.846. The van der Waals surface area contributed by atoms with Crippen LogP contribution in [-0.2, 0) is 6.54 Å². The summed E-state index contributed by atoms with van der Waals surface area (Å²) in [7, 11) is 1.92. The first kappa shape index (κ1) is 14.8. The maximum atomic E-state index is 7.46. The average molecular weight is 354 g/mol. The van der Waals surface area contributed by atoms with Crippen molar-refractivity contribution in [3.8, 4) is 0 Å². The highest BCUT2D eigenvalue weighted by Crippen LogP contribution is 2.26. The van der Waals surface area contributed by atoms with Crippen LogP contribution in [0, 0.1) is 5.41 Å². The van der Waals surface area contributed by atoms with Gasteiger partial charge >= 0.3 is 0 Å². The lowest BCUT2D eigenvalue weighted by atomic mass is 10.1. The van der Waals surface area contributed by atoms with Crippen molar-refractivity contribution in [3.05, 3.63) is 57.2 Å². The van der Waals surface area contributed by atoms with E-state index in [-0.39, 0.29) is 5.84 Å². The summed E-state index contributed by atoms with van der Waals surface area (Å²) in [6.07, 6.45) is 1.71. The Labute approximate surface area is 131 Å². The molecule has 0 aliphatic carbocycles. The number of aromatic nitrogens is 1. The second-order valence-electron chi connectivity index (χ2n) is 4.43. The summed E-state index contributed by atoms with van der Waals surface area (Å²) in [5, 5.41) is 8.05. The summed E-state index contributed by atoms with van der Waals surface area (Å²) in [5.41, 5.74) is 7.25. The first-order valence-electron chi connectivity index (χ1n) is 5.93. The fourth-order valence-electron chi connectivity index (χ4n) is 1.87. The number of nitrogens with two attached hydrogens (primary N) is 1. The highest BCUT2D eigenvalue weighted by Gasteiger charge is 2.09. The molecule has 4 nitrogen and oxygen atoms in total. The van der Waals surface area contributed by atoms with Crippen molar-refractivity contribution >= 4 is 39.2 Å². The van der Waals surface area contributed by atoms with Gasteiger partial charge in [0.05, 0.1) is 5.02 Å². The lowest BCUT2D eigenvalue weighted by molar-refractivity contribution is 0.897. The highest BCUT2D eigenvalue weighted by molar-refractivity contribution is 9.10. The second kappa shape index (κ2) is 6.24. The quantitative estimate of drug-likeness (QED) is 0.654. The van der Waals surface area contributed by atoms with E-state index in [9.17, 15) is 0 Å². The van der Waals surface area contributed by atoms with Crippen LogP contribution >= 0.6 is 27.5 Å². The summed E-state index contributed by atoms with van der Waals surface area (Å²) in [6.45, 7) is 0.634. The molecule has 0 saturated heterocycles. The van der Waals surface area contributed by atoms with Gasteiger partial charge in [0, 0.05) is 29.8 Å². The third-order valence-electron chi connectivity index (χ3n) is 2.81. The predicted molar refractivity (Wildman–Crippen MR) is 86.5 cm³/mol. The molecule has 0 radical (unpaired) electrons. The third-order valence-corrected chi connectivity index (χ3v) is 3.52. The van der Waals surface area contributed by atoms with E-state index in [2.05, 4.69) is 20.9 Å². The molecular weight excluding hydrogens is 340 g/mol. The van der Waals surface area contributed by atoms with Gasteiger partial charge in [0.25, 0.3) is 0 Å². The van der Waals surface area contributed by atoms with Crippen molar-refractivity contribution in [1.29, 1.82) is 5.41 Å². The fourth-order valence-corrected chi connectivity index (χ4v) is 2.65. The van der Waals surface area contributed by atoms with Crippen molar-refractivity contribution in [2.24, 2.45) is 5.73 Å². The largest absolute Gasteiger partial charge is 0.384 e. The molecule has 1 aromatic carbocycles. The molecular formula is C14H14BrClN4. The third kappa shape index (κ3) is 3.49. The maximum Gasteiger partial charge on any atom is 0.147 e. The van der Waals surface area contributed by atoms with Crippen LogP contribution in [0.25, 0.3) is 0 Å². The topological polar surface area (TPSA) is 66.0 Å². The van der Waals surface area contributed by atoms with Gasteiger partial charge in [-0.1, -0.05) is 29.8 Å². The van der Waals surface area contributed by atoms with E-state index in [1.807, 2.05) is 42.3 Å². The van der Waals surface area contributed by atoms with Crippen LogP contribution in [0.1, 0.15) is 11.1 Å². The van der Waals surface area contributed by atoms with Crippen LogP contribution in [-0.4, -0.2) is 17.9 Å². The minimum absolute atomic E-state index is 0.0642. The molecule has 0 amide bonds. The number of amidine groups is 1. The molecule has 0 fully saturated rings. The van der Waals surface area contributed by atoms with E-state index in [1.165, 1.54) is 0 Å². The number of anilines is 1. The van der Waals surface area contributed by atoms with E-state index in [0.717, 1.165) is 10.0 Å². The van der Waals surface area contributed by atoms with Crippen molar-refractivity contribution in [3.63, 3.8) is 0 Å². The molecule has 2 rings (SSSR count). The van der Waals surface area contributed by atoms with Crippen molar-refractivity contribution in [1.82, 2.24) is 4.98 Å². The zero-order valence-corrected chi connectivity index (χ0v) is 13.2. The number of pyridine rings is 1. The average Bonchev–Trinajstić information content (AvgIpc) is 2.38. The second-order valence-corrected chi connectivity index (χ2v) is 5.75. The Morgan fingerprint density at radius 1 is 1.45 bits per heavy atom. The van der Waals surface area contributed by atoms with Crippen LogP contribution in [0.4, 0.5) is 5.82 Å². The fraction of sp³-hybridized carbons (Fsp3) is 0.143. The molecule has 0 aliphatic heterocycles. The number of hydrogen-bond acceptors (Lipinski definition) is 3. The molecule has 0 bridgehead atoms. The van der Waals surface area contributed by atoms with Crippen LogP contribution in [0.2, 0.25) is 5.02 Å². The van der Waals surface area contributed by atoms with Gasteiger partial charge in [0.1, 0.15) is 11.7 Å². The number of benzene rings is 1. The van der Waals surface area contributed by atoms with E-state index in [4.69, 9.17) is 22.7 Å². The smallest absolute Gasteiger partial charge is 0.147 e. The Morgan fingerprint density at radius 3 is 2.85 bits per heavy atom. The molecule has 20 heavy (non-hydrogen) atoms. The molecule has 0 saturated carbocycles. The van der Waals surface area contributed by atoms with Crippen LogP contribution in [0.5, 0.6) is 0 Å². The molecule has 0 atom stereocenters. The molecule has 0 spiro atoms. The van der Waals surface area contributed by atoms with E-state index >= 15 is 0 Å². The zero-order chi connectivity index (χ0) is 14.7. The normalized spacial score (nSPS) is 10.3. The van der Waals surface area contributed by atoms with E-state index in [1.54, 1.807) is 6.20 Å². The lowest BCUT2D eigenvalue weighted by Gasteiger charge is -2.19. The molecule has 104 valence electrons. The predicted octanol–water partition coefficient (Wildman–Crippen LogP) is 3.42. The van der Waals surface area contributed by atoms with Crippen LogP contribution in [0.15, 0.2) is 41.0 Å². The van der Waals surface area contributed by atoms with Gasteiger partial charge in [0.15, 0.2) is 0 Å². The zero-order valence-electron chi connectivity index (χ0n) is 10.9. The molecule has 1 aromatic heterocycles. The molecule has 0 aliphatic rings. The Morgan fingerprint density at radius 2 is 2.20 bits per heavy atom. The van der Waals surface area contributed by atoms with Gasteiger partial charge in [-0.25, -0.2) is 4.98 Å². The van der Waals surface area contributed by atoms with Crippen LogP contribution in [0.3, 0.4) is 0 Å². The minimum Gasteiger partial charge on any atom is -0.384 e. The van der Waals surface area contributed by atoms with Gasteiger partial charge in [-0.3, -0.25) is 5.41 Å². The number of hydrogen-bond donors (Lipinski definition) is 2. The monoisotopic (exact) mass is 352 g/mol. The summed E-state index contributed by atoms with van der Waals surface area (Å²) in [6, 6.07) is 9.39. The van der Waals surface area contributed by atoms with Gasteiger partial charge in [-0.05, 0) is 33.6 Å². The minimum atomic E-state index is 0.0642. The number of nitrogens with zero attached hydrogens (tertiary/aromatic N) is 2. The highest BCUT2D eigenvalue weighted by atomic mass is 79.9. The first-order chi connectivity index (χ1) is 9.47. The van der Waals surface area contributed by atoms with Crippen LogP contribution < -0.4 is 10.6 Å².